The van der Waals surface area contributed by atoms with E-state index in [-0.39, 0.29) is 11.9 Å². The number of hydrogen-bond acceptors (Lipinski definition) is 3. The molecule has 94 valence electrons. The first-order valence-corrected chi connectivity index (χ1v) is 6.29. The summed E-state index contributed by atoms with van der Waals surface area (Å²) >= 11 is 0. The number of nitrogens with zero attached hydrogens (tertiary/aromatic N) is 1. The van der Waals surface area contributed by atoms with Crippen LogP contribution in [-0.2, 0) is 0 Å². The Kier molecular flexibility index (Phi) is 4.07. The lowest BCUT2D eigenvalue weighted by molar-refractivity contribution is 0.226. The van der Waals surface area contributed by atoms with E-state index in [0.717, 1.165) is 18.8 Å². The van der Waals surface area contributed by atoms with E-state index in [0.29, 0.717) is 11.6 Å². The average molecular weight is 237 g/mol. The smallest absolute Gasteiger partial charge is 0.146 e. The number of rotatable bonds is 3. The van der Waals surface area contributed by atoms with Gasteiger partial charge in [-0.15, -0.1) is 0 Å². The lowest BCUT2D eigenvalue weighted by Crippen LogP contribution is -2.36. The number of nitrogens with one attached hydrogen (secondary N) is 1. The van der Waals surface area contributed by atoms with Gasteiger partial charge in [0.25, 0.3) is 0 Å². The topological polar surface area (TPSA) is 50.9 Å². The highest BCUT2D eigenvalue weighted by atomic mass is 19.1. The van der Waals surface area contributed by atoms with E-state index in [1.165, 1.54) is 18.9 Å². The summed E-state index contributed by atoms with van der Waals surface area (Å²) in [7, 11) is 0. The van der Waals surface area contributed by atoms with Gasteiger partial charge in [0.05, 0.1) is 11.7 Å². The molecule has 0 aromatic carbocycles. The van der Waals surface area contributed by atoms with Gasteiger partial charge in [-0.25, -0.2) is 4.39 Å². The van der Waals surface area contributed by atoms with Crippen LogP contribution in [-0.4, -0.2) is 4.98 Å². The molecule has 1 fully saturated rings. The van der Waals surface area contributed by atoms with E-state index in [2.05, 4.69) is 17.3 Å². The van der Waals surface area contributed by atoms with E-state index >= 15 is 0 Å². The molecule has 1 heterocycles. The van der Waals surface area contributed by atoms with Gasteiger partial charge in [-0.1, -0.05) is 19.8 Å². The van der Waals surface area contributed by atoms with Crippen molar-refractivity contribution in [1.82, 2.24) is 10.4 Å². The Hall–Kier alpha value is -1.00. The molecule has 0 saturated heterocycles. The Labute approximate surface area is 102 Å². The number of aromatic nitrogens is 1. The fourth-order valence-electron chi connectivity index (χ4n) is 2.68. The molecule has 0 radical (unpaired) electrons. The molecule has 1 aliphatic rings. The summed E-state index contributed by atoms with van der Waals surface area (Å²) in [6.07, 6.45) is 6.18. The third-order valence-electron chi connectivity index (χ3n) is 3.79. The summed E-state index contributed by atoms with van der Waals surface area (Å²) < 4.78 is 13.7. The van der Waals surface area contributed by atoms with Crippen LogP contribution in [0.5, 0.6) is 0 Å². The molecule has 0 aliphatic heterocycles. The number of hydrazine groups is 1. The lowest BCUT2D eigenvalue weighted by Gasteiger charge is -2.32. The normalized spacial score (nSPS) is 26.8. The quantitative estimate of drug-likeness (QED) is 0.627. The van der Waals surface area contributed by atoms with E-state index in [1.807, 2.05) is 0 Å². The van der Waals surface area contributed by atoms with Crippen LogP contribution in [0.3, 0.4) is 0 Å². The minimum absolute atomic E-state index is 0.163. The summed E-state index contributed by atoms with van der Waals surface area (Å²) in [5, 5.41) is 0. The summed E-state index contributed by atoms with van der Waals surface area (Å²) in [6, 6.07) is 2.89. The van der Waals surface area contributed by atoms with Gasteiger partial charge in [0.1, 0.15) is 5.82 Å². The number of pyridine rings is 1. The van der Waals surface area contributed by atoms with Crippen molar-refractivity contribution in [3.8, 4) is 0 Å². The Morgan fingerprint density at radius 3 is 2.71 bits per heavy atom. The monoisotopic (exact) mass is 237 g/mol. The second kappa shape index (κ2) is 5.56. The zero-order chi connectivity index (χ0) is 12.3. The predicted octanol–water partition coefficient (Wildman–Crippen LogP) is 2.55. The maximum Gasteiger partial charge on any atom is 0.146 e. The van der Waals surface area contributed by atoms with Gasteiger partial charge in [0, 0.05) is 6.20 Å². The van der Waals surface area contributed by atoms with Gasteiger partial charge in [-0.05, 0) is 36.8 Å². The van der Waals surface area contributed by atoms with Crippen LogP contribution in [0, 0.1) is 17.7 Å². The van der Waals surface area contributed by atoms with Crippen LogP contribution in [0.4, 0.5) is 4.39 Å². The molecular formula is C13H20FN3. The molecule has 0 amide bonds. The van der Waals surface area contributed by atoms with Gasteiger partial charge in [-0.2, -0.15) is 0 Å². The second-order valence-electron chi connectivity index (χ2n) is 5.03. The Balaban J connectivity index is 2.14. The second-order valence-corrected chi connectivity index (χ2v) is 5.03. The molecule has 1 aromatic heterocycles. The zero-order valence-electron chi connectivity index (χ0n) is 10.2. The van der Waals surface area contributed by atoms with Gasteiger partial charge in [-0.3, -0.25) is 16.3 Å². The van der Waals surface area contributed by atoms with E-state index in [4.69, 9.17) is 5.84 Å². The Morgan fingerprint density at radius 1 is 1.41 bits per heavy atom. The first-order valence-electron chi connectivity index (χ1n) is 6.29. The summed E-state index contributed by atoms with van der Waals surface area (Å²) in [6.45, 7) is 2.27. The van der Waals surface area contributed by atoms with Crippen LogP contribution < -0.4 is 11.3 Å². The molecular weight excluding hydrogens is 217 g/mol. The van der Waals surface area contributed by atoms with Crippen molar-refractivity contribution in [3.63, 3.8) is 0 Å². The third-order valence-corrected chi connectivity index (χ3v) is 3.79. The molecule has 4 heteroatoms. The van der Waals surface area contributed by atoms with Crippen molar-refractivity contribution in [3.05, 3.63) is 29.8 Å². The molecule has 1 atom stereocenters. The first-order chi connectivity index (χ1) is 8.22. The van der Waals surface area contributed by atoms with E-state index in [9.17, 15) is 4.39 Å². The summed E-state index contributed by atoms with van der Waals surface area (Å²) in [5.74, 6) is 6.48. The number of hydrogen-bond donors (Lipinski definition) is 2. The van der Waals surface area contributed by atoms with Gasteiger partial charge in [0.2, 0.25) is 0 Å². The molecule has 3 nitrogen and oxygen atoms in total. The van der Waals surface area contributed by atoms with Crippen LogP contribution in [0.1, 0.15) is 44.3 Å². The molecule has 0 bridgehead atoms. The highest BCUT2D eigenvalue weighted by Gasteiger charge is 2.28. The van der Waals surface area contributed by atoms with Crippen molar-refractivity contribution in [1.29, 1.82) is 0 Å². The molecule has 2 rings (SSSR count). The van der Waals surface area contributed by atoms with Crippen LogP contribution >= 0.6 is 0 Å². The predicted molar refractivity (Wildman–Crippen MR) is 65.4 cm³/mol. The molecule has 0 spiro atoms. The maximum absolute atomic E-state index is 13.7. The molecule has 17 heavy (non-hydrogen) atoms. The largest absolute Gasteiger partial charge is 0.271 e. The maximum atomic E-state index is 13.7. The SMILES string of the molecule is CC1CCC(C(NN)c2ncccc2F)CC1. The lowest BCUT2D eigenvalue weighted by atomic mass is 9.78. The first kappa shape index (κ1) is 12.5. The van der Waals surface area contributed by atoms with Gasteiger partial charge in [0.15, 0.2) is 0 Å². The van der Waals surface area contributed by atoms with Gasteiger partial charge >= 0.3 is 0 Å². The summed E-state index contributed by atoms with van der Waals surface area (Å²) in [5.41, 5.74) is 3.19. The average Bonchev–Trinajstić information content (AvgIpc) is 2.35. The van der Waals surface area contributed by atoms with Crippen molar-refractivity contribution in [2.45, 2.75) is 38.6 Å². The highest BCUT2D eigenvalue weighted by Crippen LogP contribution is 2.36. The highest BCUT2D eigenvalue weighted by molar-refractivity contribution is 5.12. The van der Waals surface area contributed by atoms with Crippen LogP contribution in [0.2, 0.25) is 0 Å². The van der Waals surface area contributed by atoms with Crippen LogP contribution in [0.15, 0.2) is 18.3 Å². The van der Waals surface area contributed by atoms with Crippen molar-refractivity contribution in [2.24, 2.45) is 17.7 Å². The molecule has 1 aromatic rings. The van der Waals surface area contributed by atoms with Crippen LogP contribution in [0.25, 0.3) is 0 Å². The minimum atomic E-state index is -0.269. The van der Waals surface area contributed by atoms with Crippen molar-refractivity contribution >= 4 is 0 Å². The number of halogens is 1. The van der Waals surface area contributed by atoms with Crippen molar-refractivity contribution < 1.29 is 4.39 Å². The number of nitrogens with two attached hydrogens (primary N) is 1. The standard InChI is InChI=1S/C13H20FN3/c1-9-4-6-10(7-5-9)12(17-15)13-11(14)3-2-8-16-13/h2-3,8-10,12,17H,4-7,15H2,1H3. The van der Waals surface area contributed by atoms with Crippen molar-refractivity contribution in [2.75, 3.05) is 0 Å². The Bertz CT molecular complexity index is 361. The zero-order valence-corrected chi connectivity index (χ0v) is 10.2. The van der Waals surface area contributed by atoms with E-state index < -0.39 is 0 Å². The molecule has 1 saturated carbocycles. The Morgan fingerprint density at radius 2 is 2.12 bits per heavy atom. The third kappa shape index (κ3) is 2.82. The fourth-order valence-corrected chi connectivity index (χ4v) is 2.68. The molecule has 3 N–H and O–H groups in total. The summed E-state index contributed by atoms with van der Waals surface area (Å²) in [4.78, 5) is 4.13. The fraction of sp³-hybridized carbons (Fsp3) is 0.615. The molecule has 1 unspecified atom stereocenters. The molecule has 1 aliphatic carbocycles. The van der Waals surface area contributed by atoms with Gasteiger partial charge < -0.3 is 0 Å². The minimum Gasteiger partial charge on any atom is -0.271 e. The van der Waals surface area contributed by atoms with E-state index in [1.54, 1.807) is 12.3 Å².